The Kier molecular flexibility index (Phi) is 6.35. The van der Waals surface area contributed by atoms with Gasteiger partial charge in [0.25, 0.3) is 0 Å². The molecule has 4 aromatic rings. The van der Waals surface area contributed by atoms with Crippen LogP contribution in [0.3, 0.4) is 0 Å². The second-order valence-corrected chi connectivity index (χ2v) is 9.24. The van der Waals surface area contributed by atoms with Crippen molar-refractivity contribution in [1.82, 2.24) is 0 Å². The Hall–Kier alpha value is -4.12. The zero-order chi connectivity index (χ0) is 25.4. The van der Waals surface area contributed by atoms with Crippen molar-refractivity contribution in [1.29, 1.82) is 0 Å². The molecule has 0 aliphatic heterocycles. The largest absolute Gasteiger partial charge is 0.508 e. The third kappa shape index (κ3) is 4.76. The number of benzene rings is 4. The van der Waals surface area contributed by atoms with Crippen LogP contribution in [-0.2, 0) is 0 Å². The number of phenols is 3. The number of rotatable bonds is 5. The van der Waals surface area contributed by atoms with Crippen LogP contribution in [0.15, 0.2) is 60.7 Å². The summed E-state index contributed by atoms with van der Waals surface area (Å²) in [6.45, 7) is 11.5. The van der Waals surface area contributed by atoms with Gasteiger partial charge in [-0.2, -0.15) is 0 Å². The molecule has 0 amide bonds. The van der Waals surface area contributed by atoms with Gasteiger partial charge in [0.2, 0.25) is 0 Å². The van der Waals surface area contributed by atoms with E-state index in [0.717, 1.165) is 39.1 Å². The SMILES string of the molecule is Cc1cc(C)c(N(c2cccc(Oc3cc(C)c(O)cc3C)c2)c2c(C)cc(C)cc2O)c(O)c1. The first-order valence-corrected chi connectivity index (χ1v) is 11.5. The zero-order valence-corrected chi connectivity index (χ0v) is 21.0. The minimum absolute atomic E-state index is 0.123. The molecular formula is C30H31NO4. The third-order valence-corrected chi connectivity index (χ3v) is 6.09. The van der Waals surface area contributed by atoms with Crippen LogP contribution in [-0.4, -0.2) is 15.3 Å². The monoisotopic (exact) mass is 469 g/mol. The average Bonchev–Trinajstić information content (AvgIpc) is 2.75. The summed E-state index contributed by atoms with van der Waals surface area (Å²) < 4.78 is 6.20. The fourth-order valence-corrected chi connectivity index (χ4v) is 4.52. The molecule has 0 aromatic heterocycles. The van der Waals surface area contributed by atoms with Gasteiger partial charge >= 0.3 is 0 Å². The molecule has 180 valence electrons. The Bertz CT molecular complexity index is 1320. The molecule has 4 rings (SSSR count). The molecule has 4 aromatic carbocycles. The van der Waals surface area contributed by atoms with E-state index in [2.05, 4.69) is 0 Å². The molecule has 0 heterocycles. The van der Waals surface area contributed by atoms with E-state index in [1.165, 1.54) is 0 Å². The molecule has 5 nitrogen and oxygen atoms in total. The van der Waals surface area contributed by atoms with E-state index < -0.39 is 0 Å². The van der Waals surface area contributed by atoms with Gasteiger partial charge in [0, 0.05) is 6.07 Å². The van der Waals surface area contributed by atoms with Crippen molar-refractivity contribution in [3.63, 3.8) is 0 Å². The molecular weight excluding hydrogens is 438 g/mol. The maximum atomic E-state index is 11.0. The number of phenolic OH excluding ortho intramolecular Hbond substituents is 3. The summed E-state index contributed by atoms with van der Waals surface area (Å²) in [5, 5.41) is 32.0. The van der Waals surface area contributed by atoms with Crippen LogP contribution in [0, 0.1) is 41.5 Å². The molecule has 35 heavy (non-hydrogen) atoms. The summed E-state index contributed by atoms with van der Waals surface area (Å²) >= 11 is 0. The van der Waals surface area contributed by atoms with Gasteiger partial charge in [0.05, 0.1) is 17.1 Å². The van der Waals surface area contributed by atoms with Gasteiger partial charge in [-0.25, -0.2) is 0 Å². The molecule has 0 saturated heterocycles. The lowest BCUT2D eigenvalue weighted by Gasteiger charge is -2.30. The number of hydrogen-bond acceptors (Lipinski definition) is 5. The number of aromatic hydroxyl groups is 3. The molecule has 0 bridgehead atoms. The van der Waals surface area contributed by atoms with Crippen molar-refractivity contribution in [2.24, 2.45) is 0 Å². The van der Waals surface area contributed by atoms with Gasteiger partial charge in [-0.3, -0.25) is 0 Å². The molecule has 0 atom stereocenters. The second-order valence-electron chi connectivity index (χ2n) is 9.24. The maximum absolute atomic E-state index is 11.0. The fourth-order valence-electron chi connectivity index (χ4n) is 4.52. The van der Waals surface area contributed by atoms with Crippen molar-refractivity contribution in [3.05, 3.63) is 94.0 Å². The van der Waals surface area contributed by atoms with Gasteiger partial charge in [-0.05, 0) is 111 Å². The molecule has 0 spiro atoms. The van der Waals surface area contributed by atoms with Gasteiger partial charge in [0.15, 0.2) is 0 Å². The van der Waals surface area contributed by atoms with Gasteiger partial charge < -0.3 is 25.0 Å². The molecule has 0 radical (unpaired) electrons. The predicted molar refractivity (Wildman–Crippen MR) is 141 cm³/mol. The van der Waals surface area contributed by atoms with Crippen molar-refractivity contribution >= 4 is 17.1 Å². The van der Waals surface area contributed by atoms with E-state index in [-0.39, 0.29) is 17.2 Å². The first-order valence-electron chi connectivity index (χ1n) is 11.5. The Morgan fingerprint density at radius 1 is 0.571 bits per heavy atom. The minimum Gasteiger partial charge on any atom is -0.508 e. The Morgan fingerprint density at radius 2 is 1.14 bits per heavy atom. The van der Waals surface area contributed by atoms with E-state index in [0.29, 0.717) is 22.9 Å². The van der Waals surface area contributed by atoms with Crippen LogP contribution in [0.4, 0.5) is 17.1 Å². The molecule has 5 heteroatoms. The van der Waals surface area contributed by atoms with Gasteiger partial charge in [-0.1, -0.05) is 18.2 Å². The Balaban J connectivity index is 1.90. The van der Waals surface area contributed by atoms with E-state index in [1.54, 1.807) is 24.3 Å². The molecule has 0 saturated carbocycles. The lowest BCUT2D eigenvalue weighted by atomic mass is 10.0. The Labute approximate surface area is 206 Å². The Morgan fingerprint density at radius 3 is 1.69 bits per heavy atom. The standard InChI is InChI=1S/C30H31NO4/c1-17-10-21(5)29(26(33)12-17)31(30-22(6)11-18(2)13-27(30)34)23-8-7-9-24(16-23)35-28-15-19(3)25(32)14-20(28)4/h7-16,32-34H,1-6H3. The highest BCUT2D eigenvalue weighted by molar-refractivity contribution is 5.86. The first kappa shape index (κ1) is 24.0. The van der Waals surface area contributed by atoms with Crippen molar-refractivity contribution < 1.29 is 20.1 Å². The minimum atomic E-state index is 0.123. The lowest BCUT2D eigenvalue weighted by molar-refractivity contribution is 0.458. The lowest BCUT2D eigenvalue weighted by Crippen LogP contribution is -2.13. The third-order valence-electron chi connectivity index (χ3n) is 6.09. The van der Waals surface area contributed by atoms with Crippen molar-refractivity contribution in [2.75, 3.05) is 4.90 Å². The van der Waals surface area contributed by atoms with E-state index >= 15 is 0 Å². The molecule has 0 unspecified atom stereocenters. The second kappa shape index (κ2) is 9.26. The quantitative estimate of drug-likeness (QED) is 0.277. The van der Waals surface area contributed by atoms with Crippen LogP contribution in [0.5, 0.6) is 28.7 Å². The van der Waals surface area contributed by atoms with E-state index in [1.807, 2.05) is 82.8 Å². The molecule has 3 N–H and O–H groups in total. The highest BCUT2D eigenvalue weighted by Gasteiger charge is 2.24. The van der Waals surface area contributed by atoms with Gasteiger partial charge in [0.1, 0.15) is 28.7 Å². The normalized spacial score (nSPS) is 10.9. The smallest absolute Gasteiger partial charge is 0.140 e. The predicted octanol–water partition coefficient (Wildman–Crippen LogP) is 7.92. The van der Waals surface area contributed by atoms with E-state index in [9.17, 15) is 15.3 Å². The van der Waals surface area contributed by atoms with Crippen LogP contribution in [0.1, 0.15) is 33.4 Å². The molecule has 0 aliphatic rings. The van der Waals surface area contributed by atoms with Crippen molar-refractivity contribution in [2.45, 2.75) is 41.5 Å². The number of nitrogens with zero attached hydrogens (tertiary/aromatic N) is 1. The number of hydrogen-bond donors (Lipinski definition) is 3. The maximum Gasteiger partial charge on any atom is 0.140 e. The van der Waals surface area contributed by atoms with Crippen LogP contribution < -0.4 is 9.64 Å². The summed E-state index contributed by atoms with van der Waals surface area (Å²) in [5.41, 5.74) is 7.08. The topological polar surface area (TPSA) is 73.2 Å². The first-order chi connectivity index (χ1) is 16.5. The summed E-state index contributed by atoms with van der Waals surface area (Å²) in [7, 11) is 0. The number of aryl methyl sites for hydroxylation is 6. The van der Waals surface area contributed by atoms with Crippen LogP contribution in [0.25, 0.3) is 0 Å². The van der Waals surface area contributed by atoms with Crippen molar-refractivity contribution in [3.8, 4) is 28.7 Å². The zero-order valence-electron chi connectivity index (χ0n) is 21.0. The van der Waals surface area contributed by atoms with E-state index in [4.69, 9.17) is 4.74 Å². The molecule has 0 aliphatic carbocycles. The highest BCUT2D eigenvalue weighted by atomic mass is 16.5. The van der Waals surface area contributed by atoms with Crippen LogP contribution >= 0.6 is 0 Å². The highest BCUT2D eigenvalue weighted by Crippen LogP contribution is 2.48. The number of anilines is 3. The van der Waals surface area contributed by atoms with Crippen LogP contribution in [0.2, 0.25) is 0 Å². The summed E-state index contributed by atoms with van der Waals surface area (Å²) in [5.74, 6) is 1.71. The summed E-state index contributed by atoms with van der Waals surface area (Å²) in [6.07, 6.45) is 0. The fraction of sp³-hybridized carbons (Fsp3) is 0.200. The summed E-state index contributed by atoms with van der Waals surface area (Å²) in [4.78, 5) is 1.87. The van der Waals surface area contributed by atoms with Gasteiger partial charge in [-0.15, -0.1) is 0 Å². The number of ether oxygens (including phenoxy) is 1. The average molecular weight is 470 g/mol. The molecule has 0 fully saturated rings. The summed E-state index contributed by atoms with van der Waals surface area (Å²) in [6, 6.07) is 18.5.